The topological polar surface area (TPSA) is 195 Å². The monoisotopic (exact) mass is 617 g/mol. The van der Waals surface area contributed by atoms with Gasteiger partial charge in [-0.25, -0.2) is 9.78 Å². The number of carbonyl (C=O) groups excluding carboxylic acids is 5. The minimum atomic E-state index is -2.51. The number of hydrogen-bond acceptors (Lipinski definition) is 9. The number of nitrogens with zero attached hydrogens (tertiary/aromatic N) is 2. The van der Waals surface area contributed by atoms with Gasteiger partial charge < -0.3 is 31.5 Å². The number of ketones is 1. The van der Waals surface area contributed by atoms with Gasteiger partial charge in [-0.2, -0.15) is 0 Å². The summed E-state index contributed by atoms with van der Waals surface area (Å²) < 4.78 is 5.49. The Morgan fingerprint density at radius 1 is 1.02 bits per heavy atom. The molecule has 0 aliphatic carbocycles. The highest BCUT2D eigenvalue weighted by Gasteiger charge is 2.47. The lowest BCUT2D eigenvalue weighted by atomic mass is 9.86. The molecule has 1 aliphatic rings. The molecule has 0 saturated carbocycles. The molecular formula is C33H39N5O7. The maximum atomic E-state index is 13.9. The number of carbonyl (C=O) groups is 5. The van der Waals surface area contributed by atoms with Gasteiger partial charge in [0.15, 0.2) is 11.6 Å². The first-order valence-electron chi connectivity index (χ1n) is 14.7. The van der Waals surface area contributed by atoms with Crippen LogP contribution in [0.1, 0.15) is 56.1 Å². The molecule has 0 bridgehead atoms. The Labute approximate surface area is 261 Å². The van der Waals surface area contributed by atoms with Gasteiger partial charge in [-0.1, -0.05) is 54.6 Å². The van der Waals surface area contributed by atoms with Crippen molar-refractivity contribution in [2.75, 3.05) is 6.54 Å². The third-order valence-electron chi connectivity index (χ3n) is 7.56. The van der Waals surface area contributed by atoms with E-state index in [1.807, 2.05) is 0 Å². The SMILES string of the molecule is CC(C)(C)OC(=O)[C@@H]1CCCN1C(=O)C(O)[C@H](Cc1ccccc1)NC(=O)[C@@](N)(CC(N)=O)C(=O)c1ccc2ccccc2n1. The fourth-order valence-electron chi connectivity index (χ4n) is 5.35. The van der Waals surface area contributed by atoms with Crippen LogP contribution in [0.2, 0.25) is 0 Å². The van der Waals surface area contributed by atoms with Crippen molar-refractivity contribution in [3.8, 4) is 0 Å². The molecule has 12 nitrogen and oxygen atoms in total. The van der Waals surface area contributed by atoms with Crippen molar-refractivity contribution in [2.24, 2.45) is 11.5 Å². The molecule has 6 N–H and O–H groups in total. The van der Waals surface area contributed by atoms with E-state index < -0.39 is 65.2 Å². The molecule has 1 unspecified atom stereocenters. The summed E-state index contributed by atoms with van der Waals surface area (Å²) in [5.74, 6) is -4.51. The smallest absolute Gasteiger partial charge is 0.329 e. The quantitative estimate of drug-likeness (QED) is 0.140. The molecule has 0 spiro atoms. The van der Waals surface area contributed by atoms with Crippen LogP contribution in [0.25, 0.3) is 10.9 Å². The zero-order valence-electron chi connectivity index (χ0n) is 25.6. The van der Waals surface area contributed by atoms with Crippen LogP contribution in [-0.2, 0) is 30.3 Å². The zero-order chi connectivity index (χ0) is 32.9. The molecule has 2 heterocycles. The molecule has 3 amide bonds. The van der Waals surface area contributed by atoms with Crippen LogP contribution in [0.3, 0.4) is 0 Å². The number of amides is 3. The van der Waals surface area contributed by atoms with Crippen molar-refractivity contribution in [2.45, 2.75) is 75.8 Å². The number of nitrogens with two attached hydrogens (primary N) is 2. The van der Waals surface area contributed by atoms with E-state index in [4.69, 9.17) is 16.2 Å². The van der Waals surface area contributed by atoms with Gasteiger partial charge in [0.05, 0.1) is 18.0 Å². The molecule has 1 aromatic heterocycles. The summed E-state index contributed by atoms with van der Waals surface area (Å²) in [5.41, 5.74) is 9.48. The number of likely N-dealkylation sites (tertiary alicyclic amines) is 1. The maximum Gasteiger partial charge on any atom is 0.329 e. The average molecular weight is 618 g/mol. The van der Waals surface area contributed by atoms with Crippen molar-refractivity contribution in [3.63, 3.8) is 0 Å². The molecule has 238 valence electrons. The molecule has 1 saturated heterocycles. The molecular weight excluding hydrogens is 578 g/mol. The number of nitrogens with one attached hydrogen (secondary N) is 1. The molecule has 2 aromatic carbocycles. The van der Waals surface area contributed by atoms with Gasteiger partial charge in [0.2, 0.25) is 17.6 Å². The summed E-state index contributed by atoms with van der Waals surface area (Å²) in [6, 6.07) is 16.6. The van der Waals surface area contributed by atoms with E-state index in [9.17, 15) is 29.1 Å². The van der Waals surface area contributed by atoms with Crippen molar-refractivity contribution in [1.82, 2.24) is 15.2 Å². The number of esters is 1. The highest BCUT2D eigenvalue weighted by atomic mass is 16.6. The summed E-state index contributed by atoms with van der Waals surface area (Å²) in [5, 5.41) is 14.7. The van der Waals surface area contributed by atoms with Gasteiger partial charge in [0.25, 0.3) is 5.91 Å². The Morgan fingerprint density at radius 2 is 1.69 bits per heavy atom. The predicted octanol–water partition coefficient (Wildman–Crippen LogP) is 1.41. The number of primary amides is 1. The third kappa shape index (κ3) is 7.89. The first-order valence-corrected chi connectivity index (χ1v) is 14.7. The van der Waals surface area contributed by atoms with Gasteiger partial charge in [0, 0.05) is 11.9 Å². The molecule has 0 radical (unpaired) electrons. The Hall–Kier alpha value is -4.68. The molecule has 3 aromatic rings. The summed E-state index contributed by atoms with van der Waals surface area (Å²) in [6.07, 6.45) is -1.89. The molecule has 45 heavy (non-hydrogen) atoms. The second-order valence-corrected chi connectivity index (χ2v) is 12.3. The van der Waals surface area contributed by atoms with Crippen molar-refractivity contribution < 1.29 is 33.8 Å². The number of aliphatic hydroxyl groups is 1. The van der Waals surface area contributed by atoms with Gasteiger partial charge in [-0.15, -0.1) is 0 Å². The minimum Gasteiger partial charge on any atom is -0.458 e. The third-order valence-corrected chi connectivity index (χ3v) is 7.56. The lowest BCUT2D eigenvalue weighted by molar-refractivity contribution is -0.165. The second kappa shape index (κ2) is 13.5. The van der Waals surface area contributed by atoms with E-state index in [-0.39, 0.29) is 18.7 Å². The number of para-hydroxylation sites is 1. The number of benzene rings is 2. The van der Waals surface area contributed by atoms with Crippen molar-refractivity contribution in [3.05, 3.63) is 78.0 Å². The Balaban J connectivity index is 1.64. The predicted molar refractivity (Wildman–Crippen MR) is 165 cm³/mol. The second-order valence-electron chi connectivity index (χ2n) is 12.3. The first-order chi connectivity index (χ1) is 21.2. The van der Waals surface area contributed by atoms with E-state index in [2.05, 4.69) is 10.3 Å². The van der Waals surface area contributed by atoms with E-state index in [1.165, 1.54) is 11.0 Å². The maximum absolute atomic E-state index is 13.9. The van der Waals surface area contributed by atoms with E-state index in [0.29, 0.717) is 23.9 Å². The molecule has 12 heteroatoms. The summed E-state index contributed by atoms with van der Waals surface area (Å²) >= 11 is 0. The number of fused-ring (bicyclic) bond motifs is 1. The van der Waals surface area contributed by atoms with Crippen LogP contribution in [0.4, 0.5) is 0 Å². The van der Waals surface area contributed by atoms with Gasteiger partial charge >= 0.3 is 5.97 Å². The molecule has 4 atom stereocenters. The van der Waals surface area contributed by atoms with Crippen molar-refractivity contribution >= 4 is 40.4 Å². The van der Waals surface area contributed by atoms with Crippen molar-refractivity contribution in [1.29, 1.82) is 0 Å². The number of hydrogen-bond donors (Lipinski definition) is 4. The Bertz CT molecular complexity index is 1590. The lowest BCUT2D eigenvalue weighted by Gasteiger charge is -2.33. The van der Waals surface area contributed by atoms with Gasteiger partial charge in [-0.05, 0) is 57.7 Å². The fourth-order valence-corrected chi connectivity index (χ4v) is 5.35. The fraction of sp³-hybridized carbons (Fsp3) is 0.394. The largest absolute Gasteiger partial charge is 0.458 e. The minimum absolute atomic E-state index is 0.0422. The van der Waals surface area contributed by atoms with E-state index in [1.54, 1.807) is 81.4 Å². The van der Waals surface area contributed by atoms with Crippen LogP contribution in [0, 0.1) is 0 Å². The normalized spacial score (nSPS) is 17.6. The molecule has 1 aliphatic heterocycles. The highest BCUT2D eigenvalue weighted by Crippen LogP contribution is 2.24. The van der Waals surface area contributed by atoms with E-state index in [0.717, 1.165) is 5.39 Å². The molecule has 4 rings (SSSR count). The van der Waals surface area contributed by atoms with E-state index >= 15 is 0 Å². The van der Waals surface area contributed by atoms with Crippen LogP contribution >= 0.6 is 0 Å². The molecule has 1 fully saturated rings. The Morgan fingerprint density at radius 3 is 2.36 bits per heavy atom. The van der Waals surface area contributed by atoms with Crippen LogP contribution in [-0.4, -0.2) is 80.3 Å². The standard InChI is InChI=1S/C33H39N5O7/c1-32(2,3)45-30(43)25-14-9-17-38(25)29(42)27(40)24(18-20-10-5-4-6-11-20)37-31(44)33(35,19-26(34)39)28(41)23-16-15-21-12-7-8-13-22(21)36-23/h4-8,10-13,15-16,24-25,27,40H,9,14,17-19,35H2,1-3H3,(H2,34,39)(H,37,44)/t24-,25-,27?,33+/m0/s1. The number of aliphatic hydroxyl groups excluding tert-OH is 1. The highest BCUT2D eigenvalue weighted by molar-refractivity contribution is 6.19. The summed E-state index contributed by atoms with van der Waals surface area (Å²) in [4.78, 5) is 71.8. The first kappa shape index (κ1) is 33.2. The number of rotatable bonds is 11. The van der Waals surface area contributed by atoms with Gasteiger partial charge in [0.1, 0.15) is 17.3 Å². The van der Waals surface area contributed by atoms with Crippen LogP contribution in [0.15, 0.2) is 66.7 Å². The van der Waals surface area contributed by atoms with Crippen LogP contribution in [0.5, 0.6) is 0 Å². The number of pyridine rings is 1. The summed E-state index contributed by atoms with van der Waals surface area (Å²) in [7, 11) is 0. The number of aromatic nitrogens is 1. The van der Waals surface area contributed by atoms with Crippen LogP contribution < -0.4 is 16.8 Å². The summed E-state index contributed by atoms with van der Waals surface area (Å²) in [6.45, 7) is 5.34. The Kier molecular flexibility index (Phi) is 9.99. The van der Waals surface area contributed by atoms with Gasteiger partial charge in [-0.3, -0.25) is 19.2 Å². The average Bonchev–Trinajstić information content (AvgIpc) is 3.49. The lowest BCUT2D eigenvalue weighted by Crippen LogP contribution is -2.65. The number of Topliss-reactive ketones (excluding diaryl/α,β-unsaturated/α-hetero) is 1. The number of ether oxygens (including phenoxy) is 1. The zero-order valence-corrected chi connectivity index (χ0v) is 25.6.